The maximum Gasteiger partial charge on any atom is 0.138 e. The number of rotatable bonds is 4. The van der Waals surface area contributed by atoms with Gasteiger partial charge in [-0.25, -0.2) is 0 Å². The molecule has 0 saturated carbocycles. The van der Waals surface area contributed by atoms with Crippen LogP contribution in [-0.4, -0.2) is 36.9 Å². The quantitative estimate of drug-likeness (QED) is 0.863. The van der Waals surface area contributed by atoms with Crippen molar-refractivity contribution >= 4 is 0 Å². The third-order valence-electron chi connectivity index (χ3n) is 5.60. The number of hydrogen-bond donors (Lipinski definition) is 0. The van der Waals surface area contributed by atoms with Crippen molar-refractivity contribution in [2.45, 2.75) is 78.6 Å². The molecule has 2 aliphatic heterocycles. The lowest BCUT2D eigenvalue weighted by atomic mass is 10.1. The summed E-state index contributed by atoms with van der Waals surface area (Å²) in [7, 11) is 0. The maximum absolute atomic E-state index is 5.36. The second kappa shape index (κ2) is 5.99. The molecule has 0 amide bonds. The zero-order valence-electron chi connectivity index (χ0n) is 15.1. The highest BCUT2D eigenvalue weighted by Crippen LogP contribution is 2.34. The normalized spacial score (nSPS) is 23.7. The van der Waals surface area contributed by atoms with E-state index in [4.69, 9.17) is 4.52 Å². The largest absolute Gasteiger partial charge is 0.361 e. The highest BCUT2D eigenvalue weighted by Gasteiger charge is 2.39. The van der Waals surface area contributed by atoms with Crippen LogP contribution < -0.4 is 0 Å². The fourth-order valence-corrected chi connectivity index (χ4v) is 4.27. The molecule has 0 aliphatic carbocycles. The Labute approximate surface area is 143 Å². The predicted octanol–water partition coefficient (Wildman–Crippen LogP) is 2.67. The van der Waals surface area contributed by atoms with E-state index in [-0.39, 0.29) is 0 Å². The van der Waals surface area contributed by atoms with Gasteiger partial charge in [-0.05, 0) is 32.6 Å². The molecule has 2 aromatic rings. The van der Waals surface area contributed by atoms with Gasteiger partial charge in [-0.1, -0.05) is 19.0 Å². The smallest absolute Gasteiger partial charge is 0.138 e. The first-order chi connectivity index (χ1) is 11.5. The van der Waals surface area contributed by atoms with Gasteiger partial charge in [-0.3, -0.25) is 4.90 Å². The minimum Gasteiger partial charge on any atom is -0.361 e. The zero-order valence-corrected chi connectivity index (χ0v) is 15.1. The summed E-state index contributed by atoms with van der Waals surface area (Å²) in [4.78, 5) is 2.65. The van der Waals surface area contributed by atoms with Crippen molar-refractivity contribution in [1.29, 1.82) is 0 Å². The van der Waals surface area contributed by atoms with Gasteiger partial charge in [0.25, 0.3) is 0 Å². The SMILES string of the molecule is Cc1noc(C)c1CN1[C@@H]2CC[C@H]1Cc1nnc(CC(C)C)n1C2. The Morgan fingerprint density at radius 3 is 2.67 bits per heavy atom. The van der Waals surface area contributed by atoms with Crippen LogP contribution in [0.3, 0.4) is 0 Å². The second-order valence-electron chi connectivity index (χ2n) is 7.81. The van der Waals surface area contributed by atoms with Gasteiger partial charge in [-0.15, -0.1) is 10.2 Å². The molecule has 0 unspecified atom stereocenters. The third-order valence-corrected chi connectivity index (χ3v) is 5.60. The highest BCUT2D eigenvalue weighted by molar-refractivity contribution is 5.21. The van der Waals surface area contributed by atoms with Crippen LogP contribution in [-0.2, 0) is 25.9 Å². The molecule has 2 bridgehead atoms. The molecule has 0 spiro atoms. The molecule has 2 aromatic heterocycles. The average Bonchev–Trinajstić information content (AvgIpc) is 3.12. The summed E-state index contributed by atoms with van der Waals surface area (Å²) < 4.78 is 7.76. The Morgan fingerprint density at radius 1 is 1.17 bits per heavy atom. The summed E-state index contributed by atoms with van der Waals surface area (Å²) in [5.41, 5.74) is 2.28. The minimum absolute atomic E-state index is 0.557. The zero-order chi connectivity index (χ0) is 16.8. The van der Waals surface area contributed by atoms with Crippen molar-refractivity contribution in [1.82, 2.24) is 24.8 Å². The van der Waals surface area contributed by atoms with Crippen molar-refractivity contribution < 1.29 is 4.52 Å². The van der Waals surface area contributed by atoms with Crippen LogP contribution in [0.1, 0.15) is 55.4 Å². The summed E-state index contributed by atoms with van der Waals surface area (Å²) in [6, 6.07) is 1.12. The Hall–Kier alpha value is -1.69. The predicted molar refractivity (Wildman–Crippen MR) is 90.6 cm³/mol. The van der Waals surface area contributed by atoms with Crippen molar-refractivity contribution in [2.75, 3.05) is 0 Å². The molecule has 4 heterocycles. The maximum atomic E-state index is 5.36. The number of hydrogen-bond acceptors (Lipinski definition) is 5. The van der Waals surface area contributed by atoms with E-state index in [2.05, 4.69) is 38.7 Å². The molecule has 2 atom stereocenters. The Bertz CT molecular complexity index is 712. The van der Waals surface area contributed by atoms with E-state index in [1.54, 1.807) is 0 Å². The van der Waals surface area contributed by atoms with Crippen LogP contribution in [0.2, 0.25) is 0 Å². The number of aryl methyl sites for hydroxylation is 2. The fraction of sp³-hybridized carbons (Fsp3) is 0.722. The van der Waals surface area contributed by atoms with Gasteiger partial charge in [0.2, 0.25) is 0 Å². The van der Waals surface area contributed by atoms with Crippen LogP contribution in [0, 0.1) is 19.8 Å². The molecule has 0 aromatic carbocycles. The molecule has 24 heavy (non-hydrogen) atoms. The molecule has 0 radical (unpaired) electrons. The minimum atomic E-state index is 0.557. The van der Waals surface area contributed by atoms with Gasteiger partial charge in [0.1, 0.15) is 17.4 Å². The van der Waals surface area contributed by atoms with E-state index >= 15 is 0 Å². The first-order valence-electron chi connectivity index (χ1n) is 9.11. The first kappa shape index (κ1) is 15.8. The highest BCUT2D eigenvalue weighted by atomic mass is 16.5. The van der Waals surface area contributed by atoms with E-state index in [9.17, 15) is 0 Å². The summed E-state index contributed by atoms with van der Waals surface area (Å²) in [5.74, 6) is 3.89. The lowest BCUT2D eigenvalue weighted by Crippen LogP contribution is -2.37. The lowest BCUT2D eigenvalue weighted by molar-refractivity contribution is 0.178. The molecular weight excluding hydrogens is 302 g/mol. The van der Waals surface area contributed by atoms with E-state index in [0.29, 0.717) is 18.0 Å². The Kier molecular flexibility index (Phi) is 3.95. The standard InChI is InChI=1S/C18H27N5O/c1-11(2)7-17-19-20-18-8-14-5-6-15(9-23(17)18)22(14)10-16-12(3)21-24-13(16)4/h11,14-15H,5-10H2,1-4H3/t14-,15+/m0/s1. The first-order valence-corrected chi connectivity index (χ1v) is 9.11. The molecule has 4 rings (SSSR count). The van der Waals surface area contributed by atoms with Gasteiger partial charge in [0.15, 0.2) is 0 Å². The van der Waals surface area contributed by atoms with E-state index < -0.39 is 0 Å². The van der Waals surface area contributed by atoms with E-state index in [1.165, 1.54) is 24.2 Å². The molecule has 0 N–H and O–H groups in total. The van der Waals surface area contributed by atoms with Crippen LogP contribution in [0.25, 0.3) is 0 Å². The summed E-state index contributed by atoms with van der Waals surface area (Å²) in [6.07, 6.45) is 4.52. The van der Waals surface area contributed by atoms with Crippen molar-refractivity contribution in [3.05, 3.63) is 28.7 Å². The van der Waals surface area contributed by atoms with Crippen molar-refractivity contribution in [3.8, 4) is 0 Å². The van der Waals surface area contributed by atoms with Gasteiger partial charge >= 0.3 is 0 Å². The third kappa shape index (κ3) is 2.66. The van der Waals surface area contributed by atoms with E-state index in [0.717, 1.165) is 43.2 Å². The van der Waals surface area contributed by atoms with Crippen molar-refractivity contribution in [2.24, 2.45) is 5.92 Å². The lowest BCUT2D eigenvalue weighted by Gasteiger charge is -2.27. The summed E-state index contributed by atoms with van der Waals surface area (Å²) in [6.45, 7) is 10.5. The van der Waals surface area contributed by atoms with Crippen molar-refractivity contribution in [3.63, 3.8) is 0 Å². The molecule has 6 nitrogen and oxygen atoms in total. The van der Waals surface area contributed by atoms with Crippen LogP contribution in [0.4, 0.5) is 0 Å². The molecule has 1 saturated heterocycles. The topological polar surface area (TPSA) is 60.0 Å². The number of nitrogens with zero attached hydrogens (tertiary/aromatic N) is 5. The molecular formula is C18H27N5O. The summed E-state index contributed by atoms with van der Waals surface area (Å²) >= 11 is 0. The molecule has 2 aliphatic rings. The van der Waals surface area contributed by atoms with Gasteiger partial charge in [-0.2, -0.15) is 0 Å². The number of aromatic nitrogens is 4. The molecule has 1 fully saturated rings. The van der Waals surface area contributed by atoms with Crippen LogP contribution in [0.15, 0.2) is 4.52 Å². The summed E-state index contributed by atoms with van der Waals surface area (Å²) in [5, 5.41) is 13.1. The van der Waals surface area contributed by atoms with Crippen LogP contribution in [0.5, 0.6) is 0 Å². The number of fused-ring (bicyclic) bond motifs is 3. The van der Waals surface area contributed by atoms with Crippen LogP contribution >= 0.6 is 0 Å². The molecule has 130 valence electrons. The fourth-order valence-electron chi connectivity index (χ4n) is 4.27. The van der Waals surface area contributed by atoms with Gasteiger partial charge in [0.05, 0.1) is 5.69 Å². The Balaban J connectivity index is 1.59. The average molecular weight is 329 g/mol. The van der Waals surface area contributed by atoms with Gasteiger partial charge in [0, 0.05) is 43.6 Å². The second-order valence-corrected chi connectivity index (χ2v) is 7.81. The molecule has 6 heteroatoms. The van der Waals surface area contributed by atoms with E-state index in [1.807, 2.05) is 13.8 Å². The Morgan fingerprint density at radius 2 is 1.96 bits per heavy atom. The van der Waals surface area contributed by atoms with Gasteiger partial charge < -0.3 is 9.09 Å². The monoisotopic (exact) mass is 329 g/mol.